The first kappa shape index (κ1) is 56.5. The quantitative estimate of drug-likeness (QED) is 0.0265. The second-order valence-electron chi connectivity index (χ2n) is 19.6. The topological polar surface area (TPSA) is 263 Å². The van der Waals surface area contributed by atoms with Crippen LogP contribution in [0.1, 0.15) is 63.6 Å². The number of esters is 5. The summed E-state index contributed by atoms with van der Waals surface area (Å²) in [6, 6.07) is 47.8. The normalized spacial score (nSPS) is 29.8. The third kappa shape index (κ3) is 12.8. The van der Waals surface area contributed by atoms with Gasteiger partial charge in [-0.15, -0.1) is 0 Å². The predicted octanol–water partition coefficient (Wildman–Crippen LogP) is 7.53. The number of ether oxygens (including phenoxy) is 14. The minimum absolute atomic E-state index is 0.0469. The molecule has 0 amide bonds. The Bertz CT molecular complexity index is 3220. The van der Waals surface area contributed by atoms with Gasteiger partial charge in [-0.2, -0.15) is 0 Å². The highest BCUT2D eigenvalue weighted by atomic mass is 16.8. The molecule has 5 heterocycles. The van der Waals surface area contributed by atoms with Crippen LogP contribution in [0, 0.1) is 0 Å². The number of rotatable bonds is 18. The average Bonchev–Trinajstić information content (AvgIpc) is 3.38. The summed E-state index contributed by atoms with van der Waals surface area (Å²) in [4.78, 5) is 75.2. The fourth-order valence-corrected chi connectivity index (χ4v) is 10.4. The van der Waals surface area contributed by atoms with E-state index in [1.165, 1.54) is 55.6 Å². The van der Waals surface area contributed by atoms with Crippen LogP contribution in [0.5, 0.6) is 0 Å². The molecule has 22 heteroatoms. The number of hydrogen-bond acceptors (Lipinski definition) is 20. The Morgan fingerprint density at radius 3 is 1.41 bits per heavy atom. The third-order valence-electron chi connectivity index (χ3n) is 14.4. The van der Waals surface area contributed by atoms with E-state index in [1.54, 1.807) is 127 Å². The van der Waals surface area contributed by atoms with Crippen LogP contribution in [-0.2, 0) is 66.3 Å². The van der Waals surface area contributed by atoms with Gasteiger partial charge in [0, 0.05) is 17.6 Å². The molecule has 7 unspecified atom stereocenters. The molecule has 6 aromatic carbocycles. The van der Waals surface area contributed by atoms with Crippen LogP contribution in [0.2, 0.25) is 0 Å². The molecule has 0 N–H and O–H groups in total. The zero-order valence-electron chi connectivity index (χ0n) is 44.3. The molecule has 6 aromatic rings. The molecular formula is C61H55N3O19. The zero-order chi connectivity index (χ0) is 57.2. The van der Waals surface area contributed by atoms with Crippen molar-refractivity contribution in [3.63, 3.8) is 0 Å². The summed E-state index contributed by atoms with van der Waals surface area (Å²) >= 11 is 0. The van der Waals surface area contributed by atoms with Gasteiger partial charge in [-0.05, 0) is 66.2 Å². The average molecular weight is 1130 g/mol. The minimum Gasteiger partial charge on any atom is -0.459 e. The second-order valence-corrected chi connectivity index (χ2v) is 19.6. The van der Waals surface area contributed by atoms with Crippen LogP contribution in [-0.4, -0.2) is 149 Å². The molecule has 83 heavy (non-hydrogen) atoms. The lowest BCUT2D eigenvalue weighted by Gasteiger charge is -2.51. The summed E-state index contributed by atoms with van der Waals surface area (Å²) in [5.74, 6) is -4.44. The lowest BCUT2D eigenvalue weighted by Crippen LogP contribution is -2.68. The minimum atomic E-state index is -1.85. The molecular weight excluding hydrogens is 1080 g/mol. The predicted molar refractivity (Wildman–Crippen MR) is 285 cm³/mol. The fraction of sp³-hybridized carbons (Fsp3) is 0.328. The van der Waals surface area contributed by atoms with E-state index in [9.17, 15) is 29.5 Å². The smallest absolute Gasteiger partial charge is 0.338 e. The van der Waals surface area contributed by atoms with Crippen molar-refractivity contribution >= 4 is 29.8 Å². The maximum Gasteiger partial charge on any atom is 0.338 e. The largest absolute Gasteiger partial charge is 0.459 e. The number of nitrogens with zero attached hydrogens (tertiary/aromatic N) is 3. The number of hydrogen-bond donors (Lipinski definition) is 0. The SMILES string of the molecule is CO[C@H]1C(N=[N+]=[N-])[C@@H]2OCC(O2)[C@@H]1O[C@@H]1O[C@@H](COC(=O)c2ccccc2)[C@@H](O[C@H]2O[C@H]3COC(c4ccccc4)O[C@H]3C(OC(=O)c3ccccc3)C2OC(=O)c2ccccc2)C(OC(=O)c2ccccc2)C1OC(=O)c1ccccc1. The Hall–Kier alpha value is -8.38. The van der Waals surface area contributed by atoms with Gasteiger partial charge in [-0.1, -0.05) is 126 Å². The molecule has 11 rings (SSSR count). The molecule has 5 aliphatic rings. The number of carbonyl (C=O) groups is 5. The lowest BCUT2D eigenvalue weighted by atomic mass is 9.94. The van der Waals surface area contributed by atoms with Crippen molar-refractivity contribution in [1.82, 2.24) is 0 Å². The van der Waals surface area contributed by atoms with Gasteiger partial charge in [-0.3, -0.25) is 0 Å². The number of benzene rings is 6. The molecule has 5 saturated heterocycles. The van der Waals surface area contributed by atoms with Crippen LogP contribution < -0.4 is 0 Å². The Balaban J connectivity index is 1.04. The summed E-state index contributed by atoms with van der Waals surface area (Å²) in [5.41, 5.74) is 10.8. The molecule has 22 nitrogen and oxygen atoms in total. The van der Waals surface area contributed by atoms with Crippen molar-refractivity contribution in [2.45, 2.75) is 98.3 Å². The van der Waals surface area contributed by atoms with E-state index in [2.05, 4.69) is 10.0 Å². The van der Waals surface area contributed by atoms with Gasteiger partial charge in [0.25, 0.3) is 0 Å². The summed E-state index contributed by atoms with van der Waals surface area (Å²) in [5, 5.41) is 3.91. The van der Waals surface area contributed by atoms with Crippen molar-refractivity contribution in [2.24, 2.45) is 5.11 Å². The fourth-order valence-electron chi connectivity index (χ4n) is 10.4. The van der Waals surface area contributed by atoms with Gasteiger partial charge >= 0.3 is 29.8 Å². The van der Waals surface area contributed by atoms with Crippen LogP contribution in [0.25, 0.3) is 10.4 Å². The van der Waals surface area contributed by atoms with Gasteiger partial charge in [0.05, 0.1) is 47.1 Å². The maximum atomic E-state index is 14.8. The van der Waals surface area contributed by atoms with Crippen molar-refractivity contribution in [2.75, 3.05) is 26.9 Å². The van der Waals surface area contributed by atoms with Crippen molar-refractivity contribution in [3.8, 4) is 0 Å². The molecule has 0 aromatic heterocycles. The highest BCUT2D eigenvalue weighted by Gasteiger charge is 2.61. The van der Waals surface area contributed by atoms with E-state index < -0.39 is 135 Å². The molecule has 2 bridgehead atoms. The lowest BCUT2D eigenvalue weighted by molar-refractivity contribution is -0.387. The van der Waals surface area contributed by atoms with E-state index in [-0.39, 0.29) is 41.0 Å². The maximum absolute atomic E-state index is 14.8. The monoisotopic (exact) mass is 1130 g/mol. The van der Waals surface area contributed by atoms with E-state index in [0.29, 0.717) is 5.56 Å². The second kappa shape index (κ2) is 26.2. The standard InChI is InChI=1S/C61H55N3O19/c1-70-48-44(63-64-62)59-73-34-42(74-59)45(48)82-60-52(80-57(69)39-28-16-6-17-29-39)50(78-55(67)37-24-12-4-13-25-37)47(41(75-60)32-71-53(65)35-20-8-2-9-21-35)83-61-51(79-56(68)38-26-14-5-15-27-38)49(77-54(66)36-22-10-3-11-23-36)46-43(76-61)33-72-58(81-46)40-30-18-7-19-31-40/h2-31,41-52,58-61H,32-34H2,1H3/t41-,42?,43-,44?,45-,46+,47+,48-,49?,50?,51?,52?,58?,59+,60-,61+/m0/s1. The van der Waals surface area contributed by atoms with E-state index >= 15 is 0 Å². The highest BCUT2D eigenvalue weighted by Crippen LogP contribution is 2.42. The highest BCUT2D eigenvalue weighted by molar-refractivity contribution is 5.92. The number of azide groups is 1. The molecule has 0 aliphatic carbocycles. The Morgan fingerprint density at radius 2 is 0.904 bits per heavy atom. The number of methoxy groups -OCH3 is 1. The summed E-state index contributed by atoms with van der Waals surface area (Å²) < 4.78 is 90.0. The molecule has 5 aliphatic heterocycles. The van der Waals surface area contributed by atoms with Gasteiger partial charge in [0.15, 0.2) is 49.6 Å². The Kier molecular flexibility index (Phi) is 17.9. The van der Waals surface area contributed by atoms with Gasteiger partial charge in [0.2, 0.25) is 0 Å². The Morgan fingerprint density at radius 1 is 0.470 bits per heavy atom. The first-order chi connectivity index (χ1) is 40.6. The summed E-state index contributed by atoms with van der Waals surface area (Å²) in [7, 11) is 1.37. The van der Waals surface area contributed by atoms with Crippen LogP contribution in [0.15, 0.2) is 187 Å². The van der Waals surface area contributed by atoms with Gasteiger partial charge < -0.3 is 66.3 Å². The van der Waals surface area contributed by atoms with Gasteiger partial charge in [0.1, 0.15) is 49.3 Å². The van der Waals surface area contributed by atoms with E-state index in [4.69, 9.17) is 66.3 Å². The number of carbonyl (C=O) groups excluding carboxylic acids is 5. The summed E-state index contributed by atoms with van der Waals surface area (Å²) in [6.45, 7) is -0.954. The third-order valence-corrected chi connectivity index (χ3v) is 14.4. The van der Waals surface area contributed by atoms with Crippen LogP contribution in [0.4, 0.5) is 0 Å². The van der Waals surface area contributed by atoms with Crippen LogP contribution in [0.3, 0.4) is 0 Å². The first-order valence-corrected chi connectivity index (χ1v) is 26.7. The molecule has 0 radical (unpaired) electrons. The summed E-state index contributed by atoms with van der Waals surface area (Å²) in [6.07, 6.45) is -21.6. The first-order valence-electron chi connectivity index (χ1n) is 26.7. The molecule has 5 fully saturated rings. The number of fused-ring (bicyclic) bond motifs is 3. The molecule has 0 spiro atoms. The molecule has 16 atom stereocenters. The van der Waals surface area contributed by atoms with E-state index in [0.717, 1.165) is 0 Å². The van der Waals surface area contributed by atoms with Crippen molar-refractivity contribution in [1.29, 1.82) is 0 Å². The van der Waals surface area contributed by atoms with Crippen molar-refractivity contribution < 1.29 is 90.3 Å². The molecule has 428 valence electrons. The molecule has 0 saturated carbocycles. The van der Waals surface area contributed by atoms with Crippen LogP contribution >= 0.6 is 0 Å². The zero-order valence-corrected chi connectivity index (χ0v) is 44.3. The van der Waals surface area contributed by atoms with Gasteiger partial charge in [-0.25, -0.2) is 24.0 Å². The Labute approximate surface area is 474 Å². The van der Waals surface area contributed by atoms with E-state index in [1.807, 2.05) is 6.07 Å². The van der Waals surface area contributed by atoms with Crippen molar-refractivity contribution in [3.05, 3.63) is 226 Å².